The number of likely N-dealkylation sites (N-methyl/N-ethyl adjacent to an activating group) is 1. The number of likely N-dealkylation sites (tertiary alicyclic amines) is 1. The van der Waals surface area contributed by atoms with Crippen LogP contribution >= 0.6 is 0 Å². The van der Waals surface area contributed by atoms with Gasteiger partial charge < -0.3 is 39.2 Å². The average Bonchev–Trinajstić information content (AvgIpc) is 4.06. The van der Waals surface area contributed by atoms with Gasteiger partial charge in [-0.2, -0.15) is 0 Å². The second kappa shape index (κ2) is 15.7. The second-order valence-corrected chi connectivity index (χ2v) is 16.1. The molecule has 0 radical (unpaired) electrons. The fraction of sp³-hybridized carbons (Fsp3) is 0.625. The van der Waals surface area contributed by atoms with Crippen molar-refractivity contribution in [1.82, 2.24) is 15.1 Å². The topological polar surface area (TPSA) is 161 Å². The van der Waals surface area contributed by atoms with Crippen molar-refractivity contribution in [1.29, 1.82) is 0 Å². The fourth-order valence-electron chi connectivity index (χ4n) is 7.51. The second-order valence-electron chi connectivity index (χ2n) is 16.1. The third kappa shape index (κ3) is 9.18. The van der Waals surface area contributed by atoms with E-state index < -0.39 is 59.6 Å². The highest BCUT2D eigenvalue weighted by molar-refractivity contribution is 5.98. The van der Waals surface area contributed by atoms with Gasteiger partial charge in [0.25, 0.3) is 0 Å². The molecule has 13 nitrogen and oxygen atoms in total. The predicted molar refractivity (Wildman–Crippen MR) is 193 cm³/mol. The molecule has 5 atom stereocenters. The molecule has 3 aliphatic carbocycles. The number of carbonyl (C=O) groups is 5. The lowest BCUT2D eigenvalue weighted by molar-refractivity contribution is -0.209. The highest BCUT2D eigenvalue weighted by Gasteiger charge is 2.64. The van der Waals surface area contributed by atoms with Crippen LogP contribution < -0.4 is 5.32 Å². The molecule has 2 saturated heterocycles. The number of rotatable bonds is 13. The monoisotopic (exact) mass is 735 g/mol. The zero-order chi connectivity index (χ0) is 38.1. The van der Waals surface area contributed by atoms with Crippen molar-refractivity contribution in [2.45, 2.75) is 120 Å². The standard InChI is InChI=1S/C40H53N3O10/c1-39(2,3)52-34(46)18-16-29(23-44)41-36(47)30-10-7-19-43(30)37(48)26-21-31(35-32(22-26)51-40(53-35,27-12-13-27)28-14-15-28)50-38(49)25-9-6-8-24(20-25)11-17-33(45)42(4)5/h6,8-9,11,17,20,22,27-32,35,44H,7,10,12-16,18-19,21,23H2,1-5H3,(H,41,47)/t29-,30+,31+,32+,35-/m0/s1. The van der Waals surface area contributed by atoms with E-state index in [9.17, 15) is 29.1 Å². The van der Waals surface area contributed by atoms with Gasteiger partial charge in [0.2, 0.25) is 17.7 Å². The molecule has 2 saturated carbocycles. The van der Waals surface area contributed by atoms with Gasteiger partial charge in [0.1, 0.15) is 30.0 Å². The zero-order valence-electron chi connectivity index (χ0n) is 31.4. The van der Waals surface area contributed by atoms with Crippen LogP contribution in [0.25, 0.3) is 6.08 Å². The minimum Gasteiger partial charge on any atom is -0.460 e. The Morgan fingerprint density at radius 2 is 1.79 bits per heavy atom. The first-order valence-corrected chi connectivity index (χ1v) is 18.9. The number of fused-ring (bicyclic) bond motifs is 1. The molecule has 2 N–H and O–H groups in total. The van der Waals surface area contributed by atoms with Crippen molar-refractivity contribution in [3.8, 4) is 0 Å². The number of amides is 3. The first-order valence-electron chi connectivity index (χ1n) is 18.9. The van der Waals surface area contributed by atoms with Gasteiger partial charge in [0.05, 0.1) is 18.2 Å². The molecule has 0 bridgehead atoms. The minimum atomic E-state index is -0.827. The molecule has 3 amide bonds. The Morgan fingerprint density at radius 3 is 2.43 bits per heavy atom. The number of nitrogens with one attached hydrogen (secondary N) is 1. The molecule has 0 unspecified atom stereocenters. The van der Waals surface area contributed by atoms with Gasteiger partial charge >= 0.3 is 11.9 Å². The van der Waals surface area contributed by atoms with Crippen LogP contribution in [0.2, 0.25) is 0 Å². The van der Waals surface area contributed by atoms with Gasteiger partial charge in [-0.05, 0) is 95.6 Å². The van der Waals surface area contributed by atoms with Crippen molar-refractivity contribution in [3.63, 3.8) is 0 Å². The van der Waals surface area contributed by atoms with E-state index in [1.54, 1.807) is 76.2 Å². The van der Waals surface area contributed by atoms with Crippen LogP contribution in [-0.2, 0) is 38.1 Å². The summed E-state index contributed by atoms with van der Waals surface area (Å²) in [6.45, 7) is 5.30. The normalized spacial score (nSPS) is 25.7. The summed E-state index contributed by atoms with van der Waals surface area (Å²) >= 11 is 0. The maximum absolute atomic E-state index is 14.3. The molecule has 4 fully saturated rings. The number of benzene rings is 1. The first-order chi connectivity index (χ1) is 25.2. The summed E-state index contributed by atoms with van der Waals surface area (Å²) in [7, 11) is 3.31. The summed E-state index contributed by atoms with van der Waals surface area (Å²) in [6.07, 6.45) is 8.11. The van der Waals surface area contributed by atoms with Gasteiger partial charge in [-0.3, -0.25) is 19.2 Å². The number of ether oxygens (including phenoxy) is 4. The lowest BCUT2D eigenvalue weighted by Crippen LogP contribution is -2.51. The molecule has 5 aliphatic rings. The van der Waals surface area contributed by atoms with Crippen LogP contribution in [0.1, 0.15) is 94.5 Å². The Bertz CT molecular complexity index is 1630. The van der Waals surface area contributed by atoms with Gasteiger partial charge in [0, 0.05) is 57.0 Å². The Balaban J connectivity index is 1.17. The number of aliphatic hydroxyl groups is 1. The van der Waals surface area contributed by atoms with Crippen LogP contribution in [0.4, 0.5) is 0 Å². The predicted octanol–water partition coefficient (Wildman–Crippen LogP) is 3.53. The van der Waals surface area contributed by atoms with E-state index in [2.05, 4.69) is 5.32 Å². The van der Waals surface area contributed by atoms with Crippen LogP contribution in [0.15, 0.2) is 42.0 Å². The van der Waals surface area contributed by atoms with Gasteiger partial charge in [-0.1, -0.05) is 12.1 Å². The molecule has 0 spiro atoms. The van der Waals surface area contributed by atoms with E-state index in [1.165, 1.54) is 11.0 Å². The molecule has 2 aliphatic heterocycles. The Morgan fingerprint density at radius 1 is 1.08 bits per heavy atom. The highest BCUT2D eigenvalue weighted by atomic mass is 16.8. The molecular formula is C40H53N3O10. The van der Waals surface area contributed by atoms with Gasteiger partial charge in [0.15, 0.2) is 5.79 Å². The van der Waals surface area contributed by atoms with Gasteiger partial charge in [-0.25, -0.2) is 4.79 Å². The smallest absolute Gasteiger partial charge is 0.338 e. The molecule has 0 aromatic heterocycles. The van der Waals surface area contributed by atoms with E-state index in [1.807, 2.05) is 0 Å². The summed E-state index contributed by atoms with van der Waals surface area (Å²) in [4.78, 5) is 68.8. The lowest BCUT2D eigenvalue weighted by Gasteiger charge is -2.33. The van der Waals surface area contributed by atoms with Crippen LogP contribution in [-0.4, -0.2) is 114 Å². The first kappa shape index (κ1) is 38.6. The maximum atomic E-state index is 14.3. The van der Waals surface area contributed by atoms with E-state index in [-0.39, 0.29) is 49.5 Å². The van der Waals surface area contributed by atoms with Crippen LogP contribution in [0, 0.1) is 11.8 Å². The number of hydrogen-bond donors (Lipinski definition) is 2. The number of esters is 2. The van der Waals surface area contributed by atoms with Crippen molar-refractivity contribution >= 4 is 35.7 Å². The van der Waals surface area contributed by atoms with E-state index in [4.69, 9.17) is 18.9 Å². The maximum Gasteiger partial charge on any atom is 0.338 e. The molecule has 2 heterocycles. The van der Waals surface area contributed by atoms with E-state index in [0.29, 0.717) is 36.1 Å². The Labute approximate surface area is 311 Å². The number of hydrogen-bond acceptors (Lipinski definition) is 10. The molecular weight excluding hydrogens is 682 g/mol. The SMILES string of the molecule is CN(C)C(=O)C=Cc1cccc(C(=O)O[C@@H]2CC(C(=O)N3CCC[C@@H]3C(=O)N[C@H](CO)CCC(=O)OC(C)(C)C)=C[C@H]3OC(C4CC4)(C4CC4)O[C@H]32)c1. The minimum absolute atomic E-state index is 0.0219. The molecule has 1 aromatic rings. The van der Waals surface area contributed by atoms with Crippen LogP contribution in [0.3, 0.4) is 0 Å². The summed E-state index contributed by atoms with van der Waals surface area (Å²) in [6, 6.07) is 5.33. The Hall–Kier alpha value is -4.07. The van der Waals surface area contributed by atoms with Crippen molar-refractivity contribution in [2.24, 2.45) is 11.8 Å². The largest absolute Gasteiger partial charge is 0.460 e. The van der Waals surface area contributed by atoms with Crippen molar-refractivity contribution < 1.29 is 48.0 Å². The number of nitrogens with zero attached hydrogens (tertiary/aromatic N) is 2. The van der Waals surface area contributed by atoms with Crippen molar-refractivity contribution in [3.05, 3.63) is 53.1 Å². The third-order valence-electron chi connectivity index (χ3n) is 10.4. The quantitative estimate of drug-likeness (QED) is 0.227. The highest BCUT2D eigenvalue weighted by Crippen LogP contribution is 2.59. The zero-order valence-corrected chi connectivity index (χ0v) is 31.4. The molecule has 1 aromatic carbocycles. The van der Waals surface area contributed by atoms with Crippen molar-refractivity contribution in [2.75, 3.05) is 27.2 Å². The molecule has 13 heteroatoms. The van der Waals surface area contributed by atoms with Gasteiger partial charge in [-0.15, -0.1) is 0 Å². The lowest BCUT2D eigenvalue weighted by atomic mass is 9.91. The fourth-order valence-corrected chi connectivity index (χ4v) is 7.51. The summed E-state index contributed by atoms with van der Waals surface area (Å²) in [5.74, 6) is -2.21. The van der Waals surface area contributed by atoms with E-state index in [0.717, 1.165) is 25.7 Å². The molecule has 288 valence electrons. The summed E-state index contributed by atoms with van der Waals surface area (Å²) in [5, 5.41) is 12.8. The molecule has 6 rings (SSSR count). The molecule has 53 heavy (non-hydrogen) atoms. The summed E-state index contributed by atoms with van der Waals surface area (Å²) < 4.78 is 25.0. The van der Waals surface area contributed by atoms with Crippen LogP contribution in [0.5, 0.6) is 0 Å². The third-order valence-corrected chi connectivity index (χ3v) is 10.4. The van der Waals surface area contributed by atoms with E-state index >= 15 is 0 Å². The summed E-state index contributed by atoms with van der Waals surface area (Å²) in [5.41, 5.74) is 0.687. The Kier molecular flexibility index (Phi) is 11.5. The number of carbonyl (C=O) groups excluding carboxylic acids is 5. The number of aliphatic hydroxyl groups excluding tert-OH is 1. The average molecular weight is 736 g/mol.